The van der Waals surface area contributed by atoms with Crippen LogP contribution in [0.3, 0.4) is 0 Å². The van der Waals surface area contributed by atoms with E-state index >= 15 is 0 Å². The fourth-order valence-electron chi connectivity index (χ4n) is 3.95. The Morgan fingerprint density at radius 1 is 0.562 bits per heavy atom. The summed E-state index contributed by atoms with van der Waals surface area (Å²) in [7, 11) is -3.14. The highest BCUT2D eigenvalue weighted by Gasteiger charge is 2.49. The molecule has 0 amide bonds. The molecule has 0 saturated carbocycles. The third-order valence-corrected chi connectivity index (χ3v) is 8.76. The molecule has 4 aromatic rings. The molecule has 0 heterocycles. The SMILES string of the molecule is CC(C)(C)C(O[Si](Oc1ccccc1)(c1ccccc1)c1ccccc1)c1ccccc1. The van der Waals surface area contributed by atoms with Crippen LogP contribution in [0.25, 0.3) is 0 Å². The average Bonchev–Trinajstić information content (AvgIpc) is 2.83. The smallest absolute Gasteiger partial charge is 0.469 e. The van der Waals surface area contributed by atoms with Crippen molar-refractivity contribution in [2.75, 3.05) is 0 Å². The molecule has 4 aromatic carbocycles. The minimum absolute atomic E-state index is 0.136. The summed E-state index contributed by atoms with van der Waals surface area (Å²) in [5.74, 6) is 0.813. The van der Waals surface area contributed by atoms with Crippen molar-refractivity contribution in [2.24, 2.45) is 5.41 Å². The van der Waals surface area contributed by atoms with Gasteiger partial charge in [-0.15, -0.1) is 0 Å². The molecule has 0 bridgehead atoms. The van der Waals surface area contributed by atoms with Crippen LogP contribution in [0.1, 0.15) is 32.4 Å². The van der Waals surface area contributed by atoms with Gasteiger partial charge in [0.1, 0.15) is 5.75 Å². The van der Waals surface area contributed by atoms with E-state index in [0.717, 1.165) is 21.7 Å². The zero-order valence-electron chi connectivity index (χ0n) is 18.9. The molecule has 3 heteroatoms. The highest BCUT2D eigenvalue weighted by molar-refractivity contribution is 6.93. The van der Waals surface area contributed by atoms with Crippen molar-refractivity contribution < 1.29 is 8.85 Å². The van der Waals surface area contributed by atoms with Gasteiger partial charge >= 0.3 is 8.56 Å². The zero-order chi connectivity index (χ0) is 22.4. The summed E-state index contributed by atoms with van der Waals surface area (Å²) in [4.78, 5) is 0. The molecule has 0 radical (unpaired) electrons. The van der Waals surface area contributed by atoms with Gasteiger partial charge < -0.3 is 8.85 Å². The van der Waals surface area contributed by atoms with E-state index in [1.807, 2.05) is 48.5 Å². The number of hydrogen-bond acceptors (Lipinski definition) is 2. The molecule has 2 nitrogen and oxygen atoms in total. The van der Waals surface area contributed by atoms with Gasteiger partial charge in [-0.05, 0) is 23.1 Å². The van der Waals surface area contributed by atoms with Gasteiger partial charge in [-0.2, -0.15) is 0 Å². The largest absolute Gasteiger partial charge is 0.514 e. The summed E-state index contributed by atoms with van der Waals surface area (Å²) in [6.07, 6.45) is -0.153. The summed E-state index contributed by atoms with van der Waals surface area (Å²) in [5.41, 5.74) is 1.02. The monoisotopic (exact) mass is 438 g/mol. The first-order valence-corrected chi connectivity index (χ1v) is 12.9. The van der Waals surface area contributed by atoms with E-state index < -0.39 is 8.56 Å². The molecule has 0 aliphatic rings. The molecule has 32 heavy (non-hydrogen) atoms. The first-order valence-electron chi connectivity index (χ1n) is 11.1. The van der Waals surface area contributed by atoms with E-state index in [4.69, 9.17) is 8.85 Å². The molecule has 0 aliphatic carbocycles. The molecule has 162 valence electrons. The van der Waals surface area contributed by atoms with Crippen LogP contribution in [0.5, 0.6) is 5.75 Å². The van der Waals surface area contributed by atoms with Gasteiger partial charge in [-0.25, -0.2) is 0 Å². The van der Waals surface area contributed by atoms with Gasteiger partial charge in [-0.1, -0.05) is 130 Å². The lowest BCUT2D eigenvalue weighted by Crippen LogP contribution is -2.66. The van der Waals surface area contributed by atoms with Crippen LogP contribution in [0.4, 0.5) is 0 Å². The van der Waals surface area contributed by atoms with Crippen LogP contribution in [0.15, 0.2) is 121 Å². The first-order chi connectivity index (χ1) is 15.5. The molecular weight excluding hydrogens is 408 g/mol. The highest BCUT2D eigenvalue weighted by Crippen LogP contribution is 2.38. The van der Waals surface area contributed by atoms with Gasteiger partial charge in [0.25, 0.3) is 0 Å². The second-order valence-corrected chi connectivity index (χ2v) is 11.9. The molecule has 0 N–H and O–H groups in total. The second-order valence-electron chi connectivity index (χ2n) is 9.04. The number of benzene rings is 4. The maximum absolute atomic E-state index is 7.28. The fourth-order valence-corrected chi connectivity index (χ4v) is 7.39. The fraction of sp³-hybridized carbons (Fsp3) is 0.172. The van der Waals surface area contributed by atoms with E-state index in [-0.39, 0.29) is 11.5 Å². The van der Waals surface area contributed by atoms with Gasteiger partial charge in [0.05, 0.1) is 6.10 Å². The predicted molar refractivity (Wildman–Crippen MR) is 135 cm³/mol. The van der Waals surface area contributed by atoms with Crippen molar-refractivity contribution in [1.82, 2.24) is 0 Å². The second kappa shape index (κ2) is 9.56. The third kappa shape index (κ3) is 4.85. The Labute approximate surface area is 192 Å². The Hall–Kier alpha value is -3.14. The molecule has 1 atom stereocenters. The van der Waals surface area contributed by atoms with E-state index in [2.05, 4.69) is 93.6 Å². The number of hydrogen-bond donors (Lipinski definition) is 0. The quantitative estimate of drug-likeness (QED) is 0.323. The molecule has 0 spiro atoms. The van der Waals surface area contributed by atoms with E-state index in [0.29, 0.717) is 0 Å². The van der Waals surface area contributed by atoms with Crippen LogP contribution in [0, 0.1) is 5.41 Å². The predicted octanol–water partition coefficient (Wildman–Crippen LogP) is 6.13. The topological polar surface area (TPSA) is 18.5 Å². The van der Waals surface area contributed by atoms with Crippen LogP contribution >= 0.6 is 0 Å². The van der Waals surface area contributed by atoms with E-state index in [1.165, 1.54) is 0 Å². The maximum atomic E-state index is 7.28. The number of rotatable bonds is 7. The van der Waals surface area contributed by atoms with Crippen LogP contribution in [0.2, 0.25) is 0 Å². The molecule has 0 aromatic heterocycles. The minimum atomic E-state index is -3.14. The standard InChI is InChI=1S/C29H30O2Si/c1-29(2,3)28(24-16-8-4-9-17-24)31-32(26-20-12-6-13-21-26,27-22-14-7-15-23-27)30-25-18-10-5-11-19-25/h4-23,28H,1-3H3. The molecule has 4 rings (SSSR count). The Morgan fingerprint density at radius 3 is 1.41 bits per heavy atom. The molecular formula is C29H30O2Si. The third-order valence-electron chi connectivity index (χ3n) is 5.49. The number of para-hydroxylation sites is 1. The highest BCUT2D eigenvalue weighted by atomic mass is 28.4. The van der Waals surface area contributed by atoms with E-state index in [9.17, 15) is 0 Å². The molecule has 1 unspecified atom stereocenters. The van der Waals surface area contributed by atoms with Gasteiger partial charge in [0.2, 0.25) is 0 Å². The van der Waals surface area contributed by atoms with Crippen LogP contribution in [-0.4, -0.2) is 8.56 Å². The van der Waals surface area contributed by atoms with Crippen molar-refractivity contribution in [3.05, 3.63) is 127 Å². The average molecular weight is 439 g/mol. The first kappa shape index (κ1) is 22.1. The van der Waals surface area contributed by atoms with Crippen molar-refractivity contribution in [3.63, 3.8) is 0 Å². The summed E-state index contributed by atoms with van der Waals surface area (Å²) < 4.78 is 14.2. The molecule has 0 fully saturated rings. The Morgan fingerprint density at radius 2 is 0.969 bits per heavy atom. The summed E-state index contributed by atoms with van der Waals surface area (Å²) in [6, 6.07) is 41.4. The van der Waals surface area contributed by atoms with Gasteiger partial charge in [0, 0.05) is 10.4 Å². The van der Waals surface area contributed by atoms with Gasteiger partial charge in [-0.3, -0.25) is 0 Å². The molecule has 0 aliphatic heterocycles. The van der Waals surface area contributed by atoms with Gasteiger partial charge in [0.15, 0.2) is 0 Å². The summed E-state index contributed by atoms with van der Waals surface area (Å²) >= 11 is 0. The van der Waals surface area contributed by atoms with Crippen molar-refractivity contribution in [2.45, 2.75) is 26.9 Å². The Bertz CT molecular complexity index is 1050. The maximum Gasteiger partial charge on any atom is 0.469 e. The Kier molecular flexibility index (Phi) is 6.59. The summed E-state index contributed by atoms with van der Waals surface area (Å²) in [6.45, 7) is 6.67. The minimum Gasteiger partial charge on any atom is -0.514 e. The van der Waals surface area contributed by atoms with Crippen molar-refractivity contribution in [1.29, 1.82) is 0 Å². The lowest BCUT2D eigenvalue weighted by atomic mass is 9.85. The lowest BCUT2D eigenvalue weighted by Gasteiger charge is -2.40. The zero-order valence-corrected chi connectivity index (χ0v) is 19.9. The summed E-state index contributed by atoms with van der Waals surface area (Å²) in [5, 5.41) is 2.17. The van der Waals surface area contributed by atoms with E-state index in [1.54, 1.807) is 0 Å². The lowest BCUT2D eigenvalue weighted by molar-refractivity contribution is 0.0651. The Balaban J connectivity index is 1.93. The van der Waals surface area contributed by atoms with Crippen molar-refractivity contribution in [3.8, 4) is 5.75 Å². The van der Waals surface area contributed by atoms with Crippen molar-refractivity contribution >= 4 is 18.9 Å². The van der Waals surface area contributed by atoms with Crippen LogP contribution in [-0.2, 0) is 4.43 Å². The normalized spacial score (nSPS) is 12.8. The molecule has 0 saturated heterocycles. The van der Waals surface area contributed by atoms with Crippen LogP contribution < -0.4 is 14.8 Å².